The Kier molecular flexibility index (Phi) is 3.69. The predicted molar refractivity (Wildman–Crippen MR) is 78.7 cm³/mol. The molecule has 0 atom stereocenters. The highest BCUT2D eigenvalue weighted by molar-refractivity contribution is 5.97. The minimum Gasteiger partial charge on any atom is -0.349 e. The molecule has 1 aromatic heterocycles. The van der Waals surface area contributed by atoms with E-state index in [-0.39, 0.29) is 5.91 Å². The number of nitrogens with one attached hydrogen (secondary N) is 3. The number of amides is 1. The zero-order valence-corrected chi connectivity index (χ0v) is 11.6. The molecule has 20 heavy (non-hydrogen) atoms. The van der Waals surface area contributed by atoms with Gasteiger partial charge in [-0.15, -0.1) is 0 Å². The molecule has 1 aromatic carbocycles. The van der Waals surface area contributed by atoms with Crippen LogP contribution in [0.1, 0.15) is 36.0 Å². The van der Waals surface area contributed by atoms with E-state index < -0.39 is 0 Å². The molecule has 0 aliphatic heterocycles. The van der Waals surface area contributed by atoms with Gasteiger partial charge in [-0.25, -0.2) is 4.98 Å². The van der Waals surface area contributed by atoms with Crippen LogP contribution in [-0.2, 0) is 0 Å². The van der Waals surface area contributed by atoms with Crippen LogP contribution in [0.5, 0.6) is 0 Å². The van der Waals surface area contributed by atoms with Crippen molar-refractivity contribution in [1.29, 1.82) is 0 Å². The first-order valence-electron chi connectivity index (χ1n) is 7.17. The number of carbonyl (C=O) groups excluding carboxylic acids is 1. The molecule has 1 saturated carbocycles. The molecule has 1 aliphatic carbocycles. The largest absolute Gasteiger partial charge is 0.349 e. The van der Waals surface area contributed by atoms with Crippen molar-refractivity contribution in [2.24, 2.45) is 0 Å². The van der Waals surface area contributed by atoms with Gasteiger partial charge in [-0.3, -0.25) is 4.79 Å². The second-order valence-electron chi connectivity index (χ2n) is 5.45. The van der Waals surface area contributed by atoms with Gasteiger partial charge in [0.05, 0.1) is 17.4 Å². The van der Waals surface area contributed by atoms with Crippen molar-refractivity contribution >= 4 is 16.9 Å². The minimum atomic E-state index is 0.00871. The van der Waals surface area contributed by atoms with E-state index in [9.17, 15) is 4.79 Å². The molecule has 3 rings (SSSR count). The quantitative estimate of drug-likeness (QED) is 0.798. The van der Waals surface area contributed by atoms with Crippen molar-refractivity contribution in [2.75, 3.05) is 7.05 Å². The normalized spacial score (nSPS) is 22.9. The van der Waals surface area contributed by atoms with Crippen LogP contribution < -0.4 is 10.6 Å². The van der Waals surface area contributed by atoms with Crippen LogP contribution in [0, 0.1) is 0 Å². The Morgan fingerprint density at radius 2 is 2.00 bits per heavy atom. The summed E-state index contributed by atoms with van der Waals surface area (Å²) in [4.78, 5) is 19.5. The molecule has 0 radical (unpaired) electrons. The van der Waals surface area contributed by atoms with E-state index in [1.165, 1.54) is 0 Å². The van der Waals surface area contributed by atoms with Crippen LogP contribution in [0.15, 0.2) is 24.5 Å². The number of hydrogen-bond donors (Lipinski definition) is 3. The predicted octanol–water partition coefficient (Wildman–Crippen LogP) is 1.82. The first kappa shape index (κ1) is 13.1. The van der Waals surface area contributed by atoms with Crippen LogP contribution in [0.25, 0.3) is 11.0 Å². The molecule has 0 spiro atoms. The van der Waals surface area contributed by atoms with E-state index in [1.54, 1.807) is 6.33 Å². The third kappa shape index (κ3) is 2.67. The zero-order chi connectivity index (χ0) is 13.9. The molecule has 1 amide bonds. The van der Waals surface area contributed by atoms with Gasteiger partial charge in [-0.05, 0) is 50.9 Å². The Balaban J connectivity index is 1.64. The first-order chi connectivity index (χ1) is 9.76. The van der Waals surface area contributed by atoms with E-state index >= 15 is 0 Å². The molecule has 1 heterocycles. The average molecular weight is 272 g/mol. The number of hydrogen-bond acceptors (Lipinski definition) is 3. The highest BCUT2D eigenvalue weighted by Crippen LogP contribution is 2.19. The van der Waals surface area contributed by atoms with Crippen LogP contribution >= 0.6 is 0 Å². The monoisotopic (exact) mass is 272 g/mol. The Labute approximate surface area is 118 Å². The summed E-state index contributed by atoms with van der Waals surface area (Å²) in [6.45, 7) is 0. The Hall–Kier alpha value is -1.88. The van der Waals surface area contributed by atoms with Crippen LogP contribution in [-0.4, -0.2) is 35.0 Å². The number of H-pyrrole nitrogens is 1. The lowest BCUT2D eigenvalue weighted by molar-refractivity contribution is 0.0925. The van der Waals surface area contributed by atoms with Crippen molar-refractivity contribution in [3.8, 4) is 0 Å². The van der Waals surface area contributed by atoms with Gasteiger partial charge >= 0.3 is 0 Å². The summed E-state index contributed by atoms with van der Waals surface area (Å²) >= 11 is 0. The van der Waals surface area contributed by atoms with Crippen LogP contribution in [0.4, 0.5) is 0 Å². The lowest BCUT2D eigenvalue weighted by Crippen LogP contribution is -2.41. The van der Waals surface area contributed by atoms with Crippen LogP contribution in [0.3, 0.4) is 0 Å². The number of aromatic amines is 1. The second kappa shape index (κ2) is 5.63. The summed E-state index contributed by atoms with van der Waals surface area (Å²) in [5, 5.41) is 6.44. The highest BCUT2D eigenvalue weighted by Gasteiger charge is 2.21. The summed E-state index contributed by atoms with van der Waals surface area (Å²) in [5.41, 5.74) is 2.48. The summed E-state index contributed by atoms with van der Waals surface area (Å²) in [5.74, 6) is 0.00871. The number of rotatable bonds is 3. The zero-order valence-electron chi connectivity index (χ0n) is 11.6. The van der Waals surface area contributed by atoms with E-state index in [0.29, 0.717) is 17.6 Å². The van der Waals surface area contributed by atoms with E-state index in [0.717, 1.165) is 36.7 Å². The van der Waals surface area contributed by atoms with Crippen molar-refractivity contribution in [2.45, 2.75) is 37.8 Å². The highest BCUT2D eigenvalue weighted by atomic mass is 16.1. The van der Waals surface area contributed by atoms with Crippen LogP contribution in [0.2, 0.25) is 0 Å². The van der Waals surface area contributed by atoms with Gasteiger partial charge in [-0.2, -0.15) is 0 Å². The van der Waals surface area contributed by atoms with E-state index in [1.807, 2.05) is 25.2 Å². The number of nitrogens with zero attached hydrogens (tertiary/aromatic N) is 1. The summed E-state index contributed by atoms with van der Waals surface area (Å²) in [6.07, 6.45) is 5.99. The molecule has 0 bridgehead atoms. The Bertz CT molecular complexity index is 599. The maximum atomic E-state index is 12.3. The lowest BCUT2D eigenvalue weighted by atomic mass is 9.91. The van der Waals surface area contributed by atoms with Gasteiger partial charge in [0.15, 0.2) is 0 Å². The third-order valence-corrected chi connectivity index (χ3v) is 4.15. The molecule has 106 valence electrons. The van der Waals surface area contributed by atoms with E-state index in [2.05, 4.69) is 20.6 Å². The fourth-order valence-corrected chi connectivity index (χ4v) is 2.87. The van der Waals surface area contributed by atoms with Crippen molar-refractivity contribution in [3.05, 3.63) is 30.1 Å². The van der Waals surface area contributed by atoms with Gasteiger partial charge < -0.3 is 15.6 Å². The molecule has 0 unspecified atom stereocenters. The Morgan fingerprint density at radius 1 is 1.25 bits per heavy atom. The van der Waals surface area contributed by atoms with Gasteiger partial charge in [-0.1, -0.05) is 0 Å². The molecular formula is C15H20N4O. The maximum absolute atomic E-state index is 12.3. The Morgan fingerprint density at radius 3 is 2.75 bits per heavy atom. The third-order valence-electron chi connectivity index (χ3n) is 4.15. The summed E-state index contributed by atoms with van der Waals surface area (Å²) in [6, 6.07) is 6.46. The van der Waals surface area contributed by atoms with Crippen molar-refractivity contribution in [3.63, 3.8) is 0 Å². The molecule has 5 nitrogen and oxygen atoms in total. The summed E-state index contributed by atoms with van der Waals surface area (Å²) in [7, 11) is 2.00. The van der Waals surface area contributed by atoms with Gasteiger partial charge in [0.2, 0.25) is 0 Å². The standard InChI is InChI=1S/C15H20N4O/c1-16-11-3-5-12(6-4-11)19-15(20)10-2-7-13-14(8-10)18-9-17-13/h2,7-9,11-12,16H,3-6H2,1H3,(H,17,18)(H,19,20). The molecule has 1 aliphatic rings. The number of carbonyl (C=O) groups is 1. The smallest absolute Gasteiger partial charge is 0.251 e. The minimum absolute atomic E-state index is 0.00871. The molecule has 3 N–H and O–H groups in total. The number of benzene rings is 1. The van der Waals surface area contributed by atoms with Gasteiger partial charge in [0.25, 0.3) is 5.91 Å². The molecule has 2 aromatic rings. The molecule has 0 saturated heterocycles. The van der Waals surface area contributed by atoms with E-state index in [4.69, 9.17) is 0 Å². The fourth-order valence-electron chi connectivity index (χ4n) is 2.87. The van der Waals surface area contributed by atoms with Crippen molar-refractivity contribution in [1.82, 2.24) is 20.6 Å². The van der Waals surface area contributed by atoms with Gasteiger partial charge in [0.1, 0.15) is 0 Å². The summed E-state index contributed by atoms with van der Waals surface area (Å²) < 4.78 is 0. The lowest BCUT2D eigenvalue weighted by Gasteiger charge is -2.28. The maximum Gasteiger partial charge on any atom is 0.251 e. The average Bonchev–Trinajstić information content (AvgIpc) is 2.95. The first-order valence-corrected chi connectivity index (χ1v) is 7.17. The van der Waals surface area contributed by atoms with Gasteiger partial charge in [0, 0.05) is 17.6 Å². The number of aromatic nitrogens is 2. The number of imidazole rings is 1. The molecular weight excluding hydrogens is 252 g/mol. The molecule has 1 fully saturated rings. The number of fused-ring (bicyclic) bond motifs is 1. The molecule has 5 heteroatoms. The topological polar surface area (TPSA) is 69.8 Å². The fraction of sp³-hybridized carbons (Fsp3) is 0.467. The SMILES string of the molecule is CNC1CCC(NC(=O)c2ccc3nc[nH]c3c2)CC1. The second-order valence-corrected chi connectivity index (χ2v) is 5.45. The van der Waals surface area contributed by atoms with Crippen molar-refractivity contribution < 1.29 is 4.79 Å².